The molecule has 1 heterocycles. The molecule has 1 aliphatic heterocycles. The van der Waals surface area contributed by atoms with Gasteiger partial charge in [0.1, 0.15) is 23.5 Å². The van der Waals surface area contributed by atoms with Crippen LogP contribution < -0.4 is 5.32 Å². The molecule has 1 saturated carbocycles. The Hall–Kier alpha value is -1.86. The van der Waals surface area contributed by atoms with E-state index in [9.17, 15) is 5.11 Å². The molecule has 1 aliphatic carbocycles. The molecule has 0 unspecified atom stereocenters. The molecule has 0 aromatic rings. The minimum Gasteiger partial charge on any atom is -0.491 e. The van der Waals surface area contributed by atoms with Gasteiger partial charge >= 0.3 is 0 Å². The Morgan fingerprint density at radius 3 is 2.53 bits per heavy atom. The van der Waals surface area contributed by atoms with Crippen molar-refractivity contribution in [2.45, 2.75) is 71.0 Å². The first-order valence-electron chi connectivity index (χ1n) is 11.2. The number of nitrogens with one attached hydrogen (secondary N) is 1. The van der Waals surface area contributed by atoms with Gasteiger partial charge in [0.15, 0.2) is 0 Å². The van der Waals surface area contributed by atoms with E-state index in [2.05, 4.69) is 44.8 Å². The van der Waals surface area contributed by atoms with E-state index in [4.69, 9.17) is 4.74 Å². The topological polar surface area (TPSA) is 72.7 Å². The number of hydrogen-bond donors (Lipinski definition) is 2. The Bertz CT molecular complexity index is 624. The maximum Gasteiger partial charge on any atom is 0.126 e. The lowest BCUT2D eigenvalue weighted by molar-refractivity contribution is 0.0218. The standard InChI is InChI=1S/C23H41N5O2/c1-20(30-23(4)10-11-23)17-25-12-8-6-7-9-21(26-19-24-5)28-15-13-27(14-16-28)18-22(2,3)29/h9,17,19,25,29H,5-8,10-16,18H2,1-4H3/b20-17+,21-9+,26-19-. The van der Waals surface area contributed by atoms with Crippen molar-refractivity contribution in [1.82, 2.24) is 15.1 Å². The summed E-state index contributed by atoms with van der Waals surface area (Å²) in [4.78, 5) is 12.9. The van der Waals surface area contributed by atoms with E-state index >= 15 is 0 Å². The molecule has 170 valence electrons. The van der Waals surface area contributed by atoms with Crippen molar-refractivity contribution in [2.75, 3.05) is 39.3 Å². The number of hydrogen-bond acceptors (Lipinski definition) is 6. The van der Waals surface area contributed by atoms with Gasteiger partial charge in [-0.15, -0.1) is 0 Å². The molecule has 0 radical (unpaired) electrons. The molecular formula is C23H41N5O2. The zero-order valence-corrected chi connectivity index (χ0v) is 19.4. The van der Waals surface area contributed by atoms with Crippen molar-refractivity contribution >= 4 is 13.1 Å². The third-order valence-electron chi connectivity index (χ3n) is 5.35. The molecule has 2 fully saturated rings. The molecule has 0 bridgehead atoms. The number of β-amino-alcohol motifs (C(OH)–C–C–N with tert-alkyl or cyclic N) is 1. The van der Waals surface area contributed by atoms with Crippen molar-refractivity contribution in [2.24, 2.45) is 9.98 Å². The van der Waals surface area contributed by atoms with Crippen molar-refractivity contribution < 1.29 is 9.84 Å². The number of aliphatic imine (C=N–C) groups is 2. The Labute approximate surface area is 182 Å². The predicted octanol–water partition coefficient (Wildman–Crippen LogP) is 3.14. The highest BCUT2D eigenvalue weighted by Crippen LogP contribution is 2.40. The second kappa shape index (κ2) is 11.5. The van der Waals surface area contributed by atoms with Crippen molar-refractivity contribution in [1.29, 1.82) is 0 Å². The molecule has 0 spiro atoms. The lowest BCUT2D eigenvalue weighted by Gasteiger charge is -2.38. The number of rotatable bonds is 13. The summed E-state index contributed by atoms with van der Waals surface area (Å²) in [5, 5.41) is 13.4. The smallest absolute Gasteiger partial charge is 0.126 e. The Balaban J connectivity index is 1.70. The summed E-state index contributed by atoms with van der Waals surface area (Å²) in [6.07, 6.45) is 11.2. The SMILES string of the molecule is C=N/C=N\C(=C/CCCCN/C=C(\C)OC1(C)CC1)N1CCN(CC(C)(C)O)CC1. The van der Waals surface area contributed by atoms with Crippen LogP contribution in [0.25, 0.3) is 0 Å². The third-order valence-corrected chi connectivity index (χ3v) is 5.35. The number of ether oxygens (including phenoxy) is 1. The first kappa shape index (κ1) is 24.4. The van der Waals surface area contributed by atoms with Gasteiger partial charge in [-0.3, -0.25) is 9.89 Å². The van der Waals surface area contributed by atoms with E-state index in [1.54, 1.807) is 0 Å². The van der Waals surface area contributed by atoms with Crippen LogP contribution in [-0.2, 0) is 4.74 Å². The minimum absolute atomic E-state index is 0.0874. The molecule has 1 saturated heterocycles. The van der Waals surface area contributed by atoms with E-state index in [1.165, 1.54) is 6.34 Å². The van der Waals surface area contributed by atoms with Crippen molar-refractivity contribution in [3.8, 4) is 0 Å². The fourth-order valence-corrected chi connectivity index (χ4v) is 3.56. The van der Waals surface area contributed by atoms with Crippen LogP contribution in [-0.4, -0.2) is 78.4 Å². The van der Waals surface area contributed by atoms with E-state index < -0.39 is 5.60 Å². The van der Waals surface area contributed by atoms with Crippen LogP contribution >= 0.6 is 0 Å². The molecular weight excluding hydrogens is 378 g/mol. The highest BCUT2D eigenvalue weighted by atomic mass is 16.5. The van der Waals surface area contributed by atoms with Crippen LogP contribution in [0.4, 0.5) is 0 Å². The van der Waals surface area contributed by atoms with E-state index in [-0.39, 0.29) is 5.60 Å². The number of unbranched alkanes of at least 4 members (excludes halogenated alkanes) is 2. The summed E-state index contributed by atoms with van der Waals surface area (Å²) in [5.74, 6) is 1.94. The second-order valence-electron chi connectivity index (χ2n) is 9.32. The summed E-state index contributed by atoms with van der Waals surface area (Å²) < 4.78 is 5.88. The number of nitrogens with zero attached hydrogens (tertiary/aromatic N) is 4. The summed E-state index contributed by atoms with van der Waals surface area (Å²) in [6, 6.07) is 0. The highest BCUT2D eigenvalue weighted by Gasteiger charge is 2.39. The maximum absolute atomic E-state index is 10.0. The normalized spacial score (nSPS) is 20.5. The van der Waals surface area contributed by atoms with Crippen LogP contribution in [0.15, 0.2) is 33.8 Å². The van der Waals surface area contributed by atoms with Gasteiger partial charge in [-0.2, -0.15) is 0 Å². The Morgan fingerprint density at radius 2 is 1.93 bits per heavy atom. The van der Waals surface area contributed by atoms with Gasteiger partial charge in [0.05, 0.1) is 5.60 Å². The zero-order valence-electron chi connectivity index (χ0n) is 19.4. The fourth-order valence-electron chi connectivity index (χ4n) is 3.56. The summed E-state index contributed by atoms with van der Waals surface area (Å²) in [5.41, 5.74) is -0.570. The molecule has 2 rings (SSSR count). The number of allylic oxidation sites excluding steroid dienone is 2. The van der Waals surface area contributed by atoms with Crippen molar-refractivity contribution in [3.63, 3.8) is 0 Å². The van der Waals surface area contributed by atoms with E-state index in [0.29, 0.717) is 6.54 Å². The van der Waals surface area contributed by atoms with Crippen LogP contribution in [0.2, 0.25) is 0 Å². The van der Waals surface area contributed by atoms with E-state index in [0.717, 1.165) is 76.4 Å². The molecule has 30 heavy (non-hydrogen) atoms. The quantitative estimate of drug-likeness (QED) is 0.208. The summed E-state index contributed by atoms with van der Waals surface area (Å²) in [6.45, 7) is 16.7. The zero-order chi connectivity index (χ0) is 22.0. The Morgan fingerprint density at radius 1 is 1.23 bits per heavy atom. The number of aliphatic hydroxyl groups is 1. The predicted molar refractivity (Wildman–Crippen MR) is 125 cm³/mol. The highest BCUT2D eigenvalue weighted by molar-refractivity contribution is 5.63. The minimum atomic E-state index is -0.657. The first-order valence-corrected chi connectivity index (χ1v) is 11.2. The number of piperazine rings is 1. The summed E-state index contributed by atoms with van der Waals surface area (Å²) >= 11 is 0. The monoisotopic (exact) mass is 419 g/mol. The van der Waals surface area contributed by atoms with Gasteiger partial charge in [0.25, 0.3) is 0 Å². The molecule has 7 nitrogen and oxygen atoms in total. The van der Waals surface area contributed by atoms with Gasteiger partial charge in [-0.1, -0.05) is 0 Å². The van der Waals surface area contributed by atoms with Crippen LogP contribution in [0, 0.1) is 0 Å². The second-order valence-corrected chi connectivity index (χ2v) is 9.32. The fraction of sp³-hybridized carbons (Fsp3) is 0.739. The molecule has 0 aromatic carbocycles. The first-order chi connectivity index (χ1) is 14.2. The largest absolute Gasteiger partial charge is 0.491 e. The molecule has 2 aliphatic rings. The Kier molecular flexibility index (Phi) is 9.37. The van der Waals surface area contributed by atoms with Gasteiger partial charge < -0.3 is 20.1 Å². The average molecular weight is 420 g/mol. The molecule has 0 amide bonds. The lowest BCUT2D eigenvalue weighted by atomic mass is 10.1. The maximum atomic E-state index is 10.0. The van der Waals surface area contributed by atoms with Gasteiger partial charge in [-0.05, 0) is 72.6 Å². The van der Waals surface area contributed by atoms with Crippen LogP contribution in [0.1, 0.15) is 59.8 Å². The molecule has 0 atom stereocenters. The van der Waals surface area contributed by atoms with Gasteiger partial charge in [0.2, 0.25) is 0 Å². The van der Waals surface area contributed by atoms with Crippen LogP contribution in [0.3, 0.4) is 0 Å². The molecule has 2 N–H and O–H groups in total. The third kappa shape index (κ3) is 9.76. The van der Waals surface area contributed by atoms with Gasteiger partial charge in [0, 0.05) is 45.5 Å². The molecule has 0 aromatic heterocycles. The van der Waals surface area contributed by atoms with Gasteiger partial charge in [-0.25, -0.2) is 4.99 Å². The summed E-state index contributed by atoms with van der Waals surface area (Å²) in [7, 11) is 0. The van der Waals surface area contributed by atoms with Crippen molar-refractivity contribution in [3.05, 3.63) is 23.9 Å². The average Bonchev–Trinajstić information content (AvgIpc) is 3.39. The lowest BCUT2D eigenvalue weighted by Crippen LogP contribution is -2.49. The van der Waals surface area contributed by atoms with Crippen LogP contribution in [0.5, 0.6) is 0 Å². The van der Waals surface area contributed by atoms with E-state index in [1.807, 2.05) is 27.0 Å². The molecule has 7 heteroatoms.